The van der Waals surface area contributed by atoms with Gasteiger partial charge in [0, 0.05) is 17.7 Å². The first kappa shape index (κ1) is 19.4. The molecule has 0 spiro atoms. The third kappa shape index (κ3) is 4.47. The molecule has 0 heterocycles. The Bertz CT molecular complexity index is 972. The standard InChI is InChI=1S/C22H16O5S/c23-20(15-6-2-1-3-7-15)14-28(18-10-4-8-16(12-18)21(24)25)19-11-5-9-17(13-19)22(26)27/h1-13H,14H2,(H-,24,25,26,27)/p+1. The molecule has 3 rings (SSSR count). The van der Waals surface area contributed by atoms with Crippen molar-refractivity contribution >= 4 is 28.6 Å². The molecule has 3 aromatic rings. The fourth-order valence-corrected chi connectivity index (χ4v) is 4.76. The lowest BCUT2D eigenvalue weighted by molar-refractivity contribution is 0.0686. The molecule has 140 valence electrons. The van der Waals surface area contributed by atoms with Crippen molar-refractivity contribution in [1.82, 2.24) is 0 Å². The van der Waals surface area contributed by atoms with Gasteiger partial charge in [-0.05, 0) is 24.3 Å². The van der Waals surface area contributed by atoms with Gasteiger partial charge in [-0.1, -0.05) is 42.5 Å². The van der Waals surface area contributed by atoms with Crippen molar-refractivity contribution in [3.8, 4) is 0 Å². The zero-order chi connectivity index (χ0) is 20.1. The van der Waals surface area contributed by atoms with Gasteiger partial charge in [0.25, 0.3) is 0 Å². The molecule has 0 amide bonds. The Morgan fingerprint density at radius 1 is 0.643 bits per heavy atom. The summed E-state index contributed by atoms with van der Waals surface area (Å²) in [4.78, 5) is 36.9. The van der Waals surface area contributed by atoms with Crippen molar-refractivity contribution in [3.05, 3.63) is 95.6 Å². The maximum Gasteiger partial charge on any atom is 0.335 e. The Labute approximate surface area is 164 Å². The minimum atomic E-state index is -1.06. The normalized spacial score (nSPS) is 10.6. The van der Waals surface area contributed by atoms with Crippen LogP contribution in [0.1, 0.15) is 31.1 Å². The van der Waals surface area contributed by atoms with E-state index in [4.69, 9.17) is 0 Å². The highest BCUT2D eigenvalue weighted by Gasteiger charge is 2.30. The van der Waals surface area contributed by atoms with Crippen LogP contribution in [0.15, 0.2) is 88.7 Å². The average Bonchev–Trinajstić information content (AvgIpc) is 2.72. The van der Waals surface area contributed by atoms with E-state index in [2.05, 4.69) is 0 Å². The van der Waals surface area contributed by atoms with E-state index in [1.54, 1.807) is 48.5 Å². The summed E-state index contributed by atoms with van der Waals surface area (Å²) >= 11 is 0. The lowest BCUT2D eigenvalue weighted by atomic mass is 10.2. The van der Waals surface area contributed by atoms with Gasteiger partial charge in [-0.25, -0.2) is 9.59 Å². The molecule has 6 heteroatoms. The van der Waals surface area contributed by atoms with Crippen LogP contribution in [0, 0.1) is 0 Å². The molecular formula is C22H17O5S+. The van der Waals surface area contributed by atoms with E-state index in [0.717, 1.165) is 0 Å². The van der Waals surface area contributed by atoms with Gasteiger partial charge in [0.15, 0.2) is 15.5 Å². The van der Waals surface area contributed by atoms with Gasteiger partial charge in [0.2, 0.25) is 5.78 Å². The summed E-state index contributed by atoms with van der Waals surface area (Å²) in [6.07, 6.45) is 0. The van der Waals surface area contributed by atoms with Crippen LogP contribution in [0.3, 0.4) is 0 Å². The van der Waals surface area contributed by atoms with Gasteiger partial charge in [0.1, 0.15) is 0 Å². The number of carboxylic acid groups (broad SMARTS) is 2. The molecular weight excluding hydrogens is 376 g/mol. The molecule has 0 aromatic heterocycles. The lowest BCUT2D eigenvalue weighted by Crippen LogP contribution is -2.18. The van der Waals surface area contributed by atoms with Crippen LogP contribution >= 0.6 is 0 Å². The number of Topliss-reactive ketones (excluding diaryl/α,β-unsaturated/α-hetero) is 1. The van der Waals surface area contributed by atoms with Crippen molar-refractivity contribution < 1.29 is 24.6 Å². The number of rotatable bonds is 7. The molecule has 5 nitrogen and oxygen atoms in total. The second-order valence-electron chi connectivity index (χ2n) is 5.99. The SMILES string of the molecule is O=C(O)c1cccc([S+](CC(=O)c2ccccc2)c2cccc(C(=O)O)c2)c1. The minimum absolute atomic E-state index is 0.0922. The van der Waals surface area contributed by atoms with E-state index in [1.165, 1.54) is 24.3 Å². The van der Waals surface area contributed by atoms with Gasteiger partial charge in [-0.2, -0.15) is 0 Å². The molecule has 0 bridgehead atoms. The smallest absolute Gasteiger partial charge is 0.335 e. The zero-order valence-electron chi connectivity index (χ0n) is 14.7. The summed E-state index contributed by atoms with van der Waals surface area (Å²) in [6, 6.07) is 21.7. The van der Waals surface area contributed by atoms with Crippen molar-refractivity contribution in [2.75, 3.05) is 5.75 Å². The predicted molar refractivity (Wildman–Crippen MR) is 106 cm³/mol. The molecule has 2 N–H and O–H groups in total. The van der Waals surface area contributed by atoms with Crippen LogP contribution in [0.25, 0.3) is 0 Å². The van der Waals surface area contributed by atoms with Crippen LogP contribution in [0.5, 0.6) is 0 Å². The lowest BCUT2D eigenvalue weighted by Gasteiger charge is -2.09. The maximum atomic E-state index is 12.8. The number of carboxylic acids is 2. The minimum Gasteiger partial charge on any atom is -0.478 e. The first-order valence-corrected chi connectivity index (χ1v) is 9.81. The van der Waals surface area contributed by atoms with Crippen molar-refractivity contribution in [1.29, 1.82) is 0 Å². The maximum absolute atomic E-state index is 12.8. The summed E-state index contributed by atoms with van der Waals surface area (Å²) in [5.74, 6) is -2.08. The van der Waals surface area contributed by atoms with E-state index >= 15 is 0 Å². The Morgan fingerprint density at radius 3 is 1.57 bits per heavy atom. The average molecular weight is 393 g/mol. The molecule has 0 saturated carbocycles. The second-order valence-corrected chi connectivity index (χ2v) is 8.00. The van der Waals surface area contributed by atoms with Crippen LogP contribution in [-0.4, -0.2) is 33.7 Å². The largest absolute Gasteiger partial charge is 0.478 e. The predicted octanol–water partition coefficient (Wildman–Crippen LogP) is 4.00. The molecule has 3 aromatic carbocycles. The Balaban J connectivity index is 2.05. The first-order chi connectivity index (χ1) is 13.5. The van der Waals surface area contributed by atoms with Gasteiger partial charge in [-0.3, -0.25) is 4.79 Å². The second kappa shape index (κ2) is 8.54. The van der Waals surface area contributed by atoms with Gasteiger partial charge >= 0.3 is 11.9 Å². The number of aromatic carboxylic acids is 2. The first-order valence-electron chi connectivity index (χ1n) is 8.41. The third-order valence-electron chi connectivity index (χ3n) is 4.10. The Hall–Kier alpha value is -3.38. The summed E-state index contributed by atoms with van der Waals surface area (Å²) in [5, 5.41) is 18.6. The third-order valence-corrected chi connectivity index (χ3v) is 6.30. The van der Waals surface area contributed by atoms with Crippen LogP contribution < -0.4 is 0 Å². The Kier molecular flexibility index (Phi) is 5.91. The van der Waals surface area contributed by atoms with Gasteiger partial charge in [0.05, 0.1) is 22.0 Å². The molecule has 0 aliphatic heterocycles. The van der Waals surface area contributed by atoms with Crippen LogP contribution in [0.2, 0.25) is 0 Å². The molecule has 0 aliphatic rings. The van der Waals surface area contributed by atoms with E-state index in [1.807, 2.05) is 6.07 Å². The number of carbonyl (C=O) groups excluding carboxylic acids is 1. The fourth-order valence-electron chi connectivity index (χ4n) is 2.71. The summed E-state index contributed by atoms with van der Waals surface area (Å²) in [5.41, 5.74) is 0.803. The highest BCUT2D eigenvalue weighted by Crippen LogP contribution is 2.26. The van der Waals surface area contributed by atoms with Gasteiger partial charge < -0.3 is 10.2 Å². The molecule has 0 radical (unpaired) electrons. The highest BCUT2D eigenvalue weighted by molar-refractivity contribution is 7.97. The van der Waals surface area contributed by atoms with E-state index < -0.39 is 22.8 Å². The fraction of sp³-hybridized carbons (Fsp3) is 0.0455. The zero-order valence-corrected chi connectivity index (χ0v) is 15.6. The number of benzene rings is 3. The number of hydrogen-bond acceptors (Lipinski definition) is 3. The van der Waals surface area contributed by atoms with E-state index in [0.29, 0.717) is 15.4 Å². The van der Waals surface area contributed by atoms with Crippen LogP contribution in [-0.2, 0) is 10.9 Å². The molecule has 0 unspecified atom stereocenters. The molecule has 0 aliphatic carbocycles. The summed E-state index contributed by atoms with van der Waals surface area (Å²) < 4.78 is 0. The van der Waals surface area contributed by atoms with Crippen molar-refractivity contribution in [3.63, 3.8) is 0 Å². The highest BCUT2D eigenvalue weighted by atomic mass is 32.2. The molecule has 0 atom stereocenters. The number of carbonyl (C=O) groups is 3. The summed E-state index contributed by atoms with van der Waals surface area (Å²) in [7, 11) is -0.812. The molecule has 0 saturated heterocycles. The van der Waals surface area contributed by atoms with Gasteiger partial charge in [-0.15, -0.1) is 0 Å². The van der Waals surface area contributed by atoms with Crippen LogP contribution in [0.4, 0.5) is 0 Å². The number of hydrogen-bond donors (Lipinski definition) is 2. The Morgan fingerprint density at radius 2 is 1.11 bits per heavy atom. The van der Waals surface area contributed by atoms with Crippen molar-refractivity contribution in [2.45, 2.75) is 9.79 Å². The number of ketones is 1. The monoisotopic (exact) mass is 393 g/mol. The topological polar surface area (TPSA) is 91.7 Å². The summed E-state index contributed by atoms with van der Waals surface area (Å²) in [6.45, 7) is 0. The molecule has 28 heavy (non-hydrogen) atoms. The molecule has 0 fully saturated rings. The van der Waals surface area contributed by atoms with E-state index in [-0.39, 0.29) is 22.7 Å². The van der Waals surface area contributed by atoms with E-state index in [9.17, 15) is 24.6 Å². The quantitative estimate of drug-likeness (QED) is 0.468. The van der Waals surface area contributed by atoms with Crippen molar-refractivity contribution in [2.24, 2.45) is 0 Å².